The van der Waals surface area contributed by atoms with E-state index in [0.29, 0.717) is 0 Å². The second-order valence-electron chi connectivity index (χ2n) is 7.36. The first-order valence-electron chi connectivity index (χ1n) is 8.21. The van der Waals surface area contributed by atoms with E-state index in [1.54, 1.807) is 0 Å². The van der Waals surface area contributed by atoms with Crippen LogP contribution >= 0.6 is 0 Å². The van der Waals surface area contributed by atoms with Crippen molar-refractivity contribution in [3.8, 4) is 0 Å². The molecule has 0 radical (unpaired) electrons. The molecule has 0 aromatic carbocycles. The van der Waals surface area contributed by atoms with E-state index in [1.807, 2.05) is 0 Å². The van der Waals surface area contributed by atoms with Crippen molar-refractivity contribution >= 4 is 0 Å². The Morgan fingerprint density at radius 3 is 2.25 bits per heavy atom. The Kier molecular flexibility index (Phi) is 5.84. The SMILES string of the molecule is CN(C)C[C@@H]1C(CN(C)C[C@H]2CCCN2C)CCN1C. The molecule has 3 atom stereocenters. The van der Waals surface area contributed by atoms with Crippen LogP contribution in [0.3, 0.4) is 0 Å². The van der Waals surface area contributed by atoms with Gasteiger partial charge in [-0.05, 0) is 73.5 Å². The van der Waals surface area contributed by atoms with Gasteiger partial charge in [-0.25, -0.2) is 0 Å². The molecule has 2 aliphatic heterocycles. The number of rotatable bonds is 6. The van der Waals surface area contributed by atoms with Gasteiger partial charge >= 0.3 is 0 Å². The molecule has 2 aliphatic rings. The number of likely N-dealkylation sites (N-methyl/N-ethyl adjacent to an activating group) is 4. The van der Waals surface area contributed by atoms with Gasteiger partial charge in [0.1, 0.15) is 0 Å². The van der Waals surface area contributed by atoms with Crippen LogP contribution in [-0.4, -0.2) is 99.6 Å². The molecule has 0 aromatic heterocycles. The quantitative estimate of drug-likeness (QED) is 0.717. The predicted molar refractivity (Wildman–Crippen MR) is 86.2 cm³/mol. The lowest BCUT2D eigenvalue weighted by atomic mass is 9.99. The second-order valence-corrected chi connectivity index (χ2v) is 7.36. The van der Waals surface area contributed by atoms with E-state index in [1.165, 1.54) is 52.0 Å². The van der Waals surface area contributed by atoms with Crippen LogP contribution in [0.1, 0.15) is 19.3 Å². The molecule has 0 amide bonds. The third-order valence-corrected chi connectivity index (χ3v) is 5.26. The minimum absolute atomic E-state index is 0.730. The van der Waals surface area contributed by atoms with Crippen LogP contribution in [0.25, 0.3) is 0 Å². The van der Waals surface area contributed by atoms with Crippen LogP contribution in [0.5, 0.6) is 0 Å². The molecule has 0 N–H and O–H groups in total. The summed E-state index contributed by atoms with van der Waals surface area (Å²) in [6.07, 6.45) is 4.12. The van der Waals surface area contributed by atoms with Crippen LogP contribution in [0.4, 0.5) is 0 Å². The van der Waals surface area contributed by atoms with Crippen LogP contribution in [0.2, 0.25) is 0 Å². The van der Waals surface area contributed by atoms with E-state index in [2.05, 4.69) is 54.8 Å². The molecule has 2 heterocycles. The molecule has 0 saturated carbocycles. The zero-order valence-corrected chi connectivity index (χ0v) is 14.2. The van der Waals surface area contributed by atoms with Crippen molar-refractivity contribution in [3.05, 3.63) is 0 Å². The van der Waals surface area contributed by atoms with Crippen LogP contribution in [0.15, 0.2) is 0 Å². The summed E-state index contributed by atoms with van der Waals surface area (Å²) in [6.45, 7) is 6.24. The molecule has 0 aromatic rings. The van der Waals surface area contributed by atoms with Crippen molar-refractivity contribution in [2.75, 3.05) is 68.0 Å². The van der Waals surface area contributed by atoms with E-state index >= 15 is 0 Å². The molecule has 20 heavy (non-hydrogen) atoms. The summed E-state index contributed by atoms with van der Waals surface area (Å²) in [5, 5.41) is 0. The Labute approximate surface area is 125 Å². The molecule has 1 unspecified atom stereocenters. The summed E-state index contributed by atoms with van der Waals surface area (Å²) < 4.78 is 0. The molecule has 2 rings (SSSR count). The van der Waals surface area contributed by atoms with Crippen LogP contribution < -0.4 is 0 Å². The highest BCUT2D eigenvalue weighted by Gasteiger charge is 2.33. The summed E-state index contributed by atoms with van der Waals surface area (Å²) in [5.41, 5.74) is 0. The minimum Gasteiger partial charge on any atom is -0.308 e. The summed E-state index contributed by atoms with van der Waals surface area (Å²) in [6, 6.07) is 1.51. The Morgan fingerprint density at radius 2 is 1.65 bits per heavy atom. The first kappa shape index (κ1) is 16.2. The van der Waals surface area contributed by atoms with Crippen LogP contribution in [-0.2, 0) is 0 Å². The van der Waals surface area contributed by atoms with Gasteiger partial charge in [0.25, 0.3) is 0 Å². The lowest BCUT2D eigenvalue weighted by Gasteiger charge is -2.32. The Bertz CT molecular complexity index is 294. The molecule has 0 bridgehead atoms. The molecule has 2 fully saturated rings. The van der Waals surface area contributed by atoms with E-state index in [-0.39, 0.29) is 0 Å². The molecule has 4 heteroatoms. The predicted octanol–water partition coefficient (Wildman–Crippen LogP) is 0.894. The standard InChI is InChI=1S/C16H34N4/c1-17(2)13-16-14(8-10-20(16)5)11-18(3)12-15-7-6-9-19(15)4/h14-16H,6-13H2,1-5H3/t14?,15-,16-/m1/s1. The van der Waals surface area contributed by atoms with Gasteiger partial charge in [-0.3, -0.25) is 0 Å². The summed E-state index contributed by atoms with van der Waals surface area (Å²) >= 11 is 0. The Hall–Kier alpha value is -0.160. The normalized spacial score (nSPS) is 32.9. The van der Waals surface area contributed by atoms with E-state index in [0.717, 1.165) is 18.0 Å². The highest BCUT2D eigenvalue weighted by Crippen LogP contribution is 2.25. The lowest BCUT2D eigenvalue weighted by Crippen LogP contribution is -2.44. The number of hydrogen-bond acceptors (Lipinski definition) is 4. The van der Waals surface area contributed by atoms with Crippen molar-refractivity contribution in [3.63, 3.8) is 0 Å². The number of hydrogen-bond donors (Lipinski definition) is 0. The van der Waals surface area contributed by atoms with Crippen molar-refractivity contribution in [2.24, 2.45) is 5.92 Å². The molecule has 4 nitrogen and oxygen atoms in total. The van der Waals surface area contributed by atoms with E-state index in [9.17, 15) is 0 Å². The maximum atomic E-state index is 2.58. The van der Waals surface area contributed by atoms with Gasteiger partial charge in [0.05, 0.1) is 0 Å². The fourth-order valence-corrected chi connectivity index (χ4v) is 4.01. The topological polar surface area (TPSA) is 13.0 Å². The lowest BCUT2D eigenvalue weighted by molar-refractivity contribution is 0.160. The first-order valence-corrected chi connectivity index (χ1v) is 8.21. The van der Waals surface area contributed by atoms with Gasteiger partial charge in [-0.1, -0.05) is 0 Å². The van der Waals surface area contributed by atoms with Crippen molar-refractivity contribution in [1.29, 1.82) is 0 Å². The van der Waals surface area contributed by atoms with E-state index in [4.69, 9.17) is 0 Å². The smallest absolute Gasteiger partial charge is 0.0260 e. The van der Waals surface area contributed by atoms with Gasteiger partial charge in [0.2, 0.25) is 0 Å². The second kappa shape index (κ2) is 7.21. The monoisotopic (exact) mass is 282 g/mol. The van der Waals surface area contributed by atoms with Gasteiger partial charge < -0.3 is 19.6 Å². The average molecular weight is 282 g/mol. The maximum Gasteiger partial charge on any atom is 0.0260 e. The Balaban J connectivity index is 1.81. The van der Waals surface area contributed by atoms with Crippen molar-refractivity contribution < 1.29 is 0 Å². The summed E-state index contributed by atoms with van der Waals surface area (Å²) in [4.78, 5) is 10.0. The molecular formula is C16H34N4. The maximum absolute atomic E-state index is 2.58. The zero-order valence-electron chi connectivity index (χ0n) is 14.2. The van der Waals surface area contributed by atoms with Gasteiger partial charge in [-0.2, -0.15) is 0 Å². The molecular weight excluding hydrogens is 248 g/mol. The number of likely N-dealkylation sites (tertiary alicyclic amines) is 2. The van der Waals surface area contributed by atoms with Crippen molar-refractivity contribution in [1.82, 2.24) is 19.6 Å². The minimum atomic E-state index is 0.730. The molecule has 118 valence electrons. The van der Waals surface area contributed by atoms with Gasteiger partial charge in [0, 0.05) is 31.7 Å². The highest BCUT2D eigenvalue weighted by atomic mass is 15.2. The molecule has 0 spiro atoms. The summed E-state index contributed by atoms with van der Waals surface area (Å²) in [7, 11) is 11.3. The zero-order chi connectivity index (χ0) is 14.7. The largest absolute Gasteiger partial charge is 0.308 e. The van der Waals surface area contributed by atoms with Gasteiger partial charge in [0.15, 0.2) is 0 Å². The average Bonchev–Trinajstić information content (AvgIpc) is 2.90. The third kappa shape index (κ3) is 4.17. The number of nitrogens with zero attached hydrogens (tertiary/aromatic N) is 4. The van der Waals surface area contributed by atoms with Crippen molar-refractivity contribution in [2.45, 2.75) is 31.3 Å². The molecule has 0 aliphatic carbocycles. The van der Waals surface area contributed by atoms with Crippen LogP contribution in [0, 0.1) is 5.92 Å². The Morgan fingerprint density at radius 1 is 0.900 bits per heavy atom. The highest BCUT2D eigenvalue weighted by molar-refractivity contribution is 4.89. The van der Waals surface area contributed by atoms with Gasteiger partial charge in [-0.15, -0.1) is 0 Å². The third-order valence-electron chi connectivity index (χ3n) is 5.26. The molecule has 2 saturated heterocycles. The first-order chi connectivity index (χ1) is 9.47. The summed E-state index contributed by atoms with van der Waals surface area (Å²) in [5.74, 6) is 0.833. The fourth-order valence-electron chi connectivity index (χ4n) is 4.01. The fraction of sp³-hybridized carbons (Fsp3) is 1.00. The van der Waals surface area contributed by atoms with E-state index < -0.39 is 0 Å².